The predicted molar refractivity (Wildman–Crippen MR) is 65.4 cm³/mol. The van der Waals surface area contributed by atoms with Crippen molar-refractivity contribution in [1.82, 2.24) is 9.78 Å². The Bertz CT molecular complexity index is 531. The van der Waals surface area contributed by atoms with Crippen LogP contribution >= 0.6 is 11.6 Å². The van der Waals surface area contributed by atoms with Gasteiger partial charge >= 0.3 is 0 Å². The maximum absolute atomic E-state index is 13.7. The third-order valence-electron chi connectivity index (χ3n) is 2.72. The van der Waals surface area contributed by atoms with Gasteiger partial charge in [0.15, 0.2) is 0 Å². The van der Waals surface area contributed by atoms with Gasteiger partial charge in [-0.2, -0.15) is 5.10 Å². The number of halogens is 2. The summed E-state index contributed by atoms with van der Waals surface area (Å²) in [5, 5.41) is 4.44. The number of nitrogens with zero attached hydrogens (tertiary/aromatic N) is 2. The molecule has 0 radical (unpaired) electrons. The summed E-state index contributed by atoms with van der Waals surface area (Å²) in [6.45, 7) is 1.89. The summed E-state index contributed by atoms with van der Waals surface area (Å²) in [7, 11) is 1.73. The van der Waals surface area contributed by atoms with Gasteiger partial charge in [-0.1, -0.05) is 29.3 Å². The van der Waals surface area contributed by atoms with Crippen LogP contribution in [0.5, 0.6) is 0 Å². The Kier molecular flexibility index (Phi) is 3.17. The highest BCUT2D eigenvalue weighted by atomic mass is 35.5. The molecule has 17 heavy (non-hydrogen) atoms. The molecule has 3 nitrogen and oxygen atoms in total. The van der Waals surface area contributed by atoms with Gasteiger partial charge in [0.2, 0.25) is 0 Å². The van der Waals surface area contributed by atoms with Gasteiger partial charge in [0.1, 0.15) is 5.82 Å². The van der Waals surface area contributed by atoms with E-state index in [9.17, 15) is 4.39 Å². The molecule has 0 aliphatic rings. The van der Waals surface area contributed by atoms with E-state index in [0.717, 1.165) is 5.56 Å². The largest absolute Gasteiger partial charge is 0.319 e. The minimum atomic E-state index is -0.616. The van der Waals surface area contributed by atoms with Gasteiger partial charge in [-0.15, -0.1) is 0 Å². The lowest BCUT2D eigenvalue weighted by atomic mass is 10.0. The van der Waals surface area contributed by atoms with E-state index in [1.165, 1.54) is 12.3 Å². The normalized spacial score (nSPS) is 12.8. The fourth-order valence-electron chi connectivity index (χ4n) is 1.82. The van der Waals surface area contributed by atoms with Crippen LogP contribution in [0.15, 0.2) is 24.4 Å². The quantitative estimate of drug-likeness (QED) is 0.894. The van der Waals surface area contributed by atoms with E-state index in [2.05, 4.69) is 5.10 Å². The lowest BCUT2D eigenvalue weighted by molar-refractivity contribution is 0.586. The van der Waals surface area contributed by atoms with Crippen molar-refractivity contribution in [3.8, 4) is 0 Å². The van der Waals surface area contributed by atoms with Crippen LogP contribution in [-0.2, 0) is 7.05 Å². The van der Waals surface area contributed by atoms with E-state index < -0.39 is 6.04 Å². The number of nitrogens with two attached hydrogens (primary N) is 1. The van der Waals surface area contributed by atoms with Gasteiger partial charge in [0.05, 0.1) is 23.0 Å². The third-order valence-corrected chi connectivity index (χ3v) is 3.01. The molecule has 0 amide bonds. The summed E-state index contributed by atoms with van der Waals surface area (Å²) >= 11 is 6.00. The average Bonchev–Trinajstić information content (AvgIpc) is 2.61. The Labute approximate surface area is 104 Å². The average molecular weight is 254 g/mol. The molecule has 0 spiro atoms. The highest BCUT2D eigenvalue weighted by Crippen LogP contribution is 2.27. The summed E-state index contributed by atoms with van der Waals surface area (Å²) in [5.41, 5.74) is 8.03. The van der Waals surface area contributed by atoms with Crippen LogP contribution in [-0.4, -0.2) is 9.78 Å². The summed E-state index contributed by atoms with van der Waals surface area (Å²) in [6.07, 6.45) is 1.50. The topological polar surface area (TPSA) is 43.8 Å². The number of hydrogen-bond acceptors (Lipinski definition) is 2. The Hall–Kier alpha value is -1.39. The van der Waals surface area contributed by atoms with Gasteiger partial charge in [-0.25, -0.2) is 4.39 Å². The van der Waals surface area contributed by atoms with Crippen molar-refractivity contribution in [3.05, 3.63) is 52.1 Å². The summed E-state index contributed by atoms with van der Waals surface area (Å²) in [4.78, 5) is 0. The number of hydrogen-bond donors (Lipinski definition) is 1. The van der Waals surface area contributed by atoms with Crippen molar-refractivity contribution in [2.24, 2.45) is 12.8 Å². The second-order valence-electron chi connectivity index (χ2n) is 4.00. The number of benzene rings is 1. The lowest BCUT2D eigenvalue weighted by Gasteiger charge is -2.14. The Morgan fingerprint density at radius 1 is 1.47 bits per heavy atom. The zero-order chi connectivity index (χ0) is 12.6. The van der Waals surface area contributed by atoms with Crippen molar-refractivity contribution >= 4 is 11.6 Å². The summed E-state index contributed by atoms with van der Waals surface area (Å²) in [6, 6.07) is 4.23. The number of aromatic nitrogens is 2. The lowest BCUT2D eigenvalue weighted by Crippen LogP contribution is -2.18. The fourth-order valence-corrected chi connectivity index (χ4v) is 2.10. The molecule has 0 fully saturated rings. The predicted octanol–water partition coefficient (Wildman–Crippen LogP) is 2.57. The van der Waals surface area contributed by atoms with Crippen molar-refractivity contribution in [1.29, 1.82) is 0 Å². The van der Waals surface area contributed by atoms with E-state index in [4.69, 9.17) is 17.3 Å². The van der Waals surface area contributed by atoms with E-state index in [0.29, 0.717) is 16.3 Å². The fraction of sp³-hybridized carbons (Fsp3) is 0.250. The van der Waals surface area contributed by atoms with Crippen molar-refractivity contribution in [3.63, 3.8) is 0 Å². The molecule has 2 N–H and O–H groups in total. The van der Waals surface area contributed by atoms with Gasteiger partial charge in [0, 0.05) is 12.6 Å². The van der Waals surface area contributed by atoms with Crippen molar-refractivity contribution in [2.45, 2.75) is 13.0 Å². The van der Waals surface area contributed by atoms with E-state index in [-0.39, 0.29) is 5.82 Å². The first kappa shape index (κ1) is 12.1. The minimum Gasteiger partial charge on any atom is -0.319 e. The zero-order valence-corrected chi connectivity index (χ0v) is 10.4. The van der Waals surface area contributed by atoms with E-state index in [1.54, 1.807) is 23.9 Å². The van der Waals surface area contributed by atoms with Gasteiger partial charge in [0.25, 0.3) is 0 Å². The van der Waals surface area contributed by atoms with Crippen LogP contribution in [0.1, 0.15) is 22.9 Å². The van der Waals surface area contributed by atoms with Crippen LogP contribution in [0.3, 0.4) is 0 Å². The molecule has 90 valence electrons. The molecule has 1 atom stereocenters. The highest BCUT2D eigenvalue weighted by molar-refractivity contribution is 6.31. The summed E-state index contributed by atoms with van der Waals surface area (Å²) < 4.78 is 15.3. The molecule has 0 aliphatic heterocycles. The van der Waals surface area contributed by atoms with Gasteiger partial charge in [-0.05, 0) is 13.0 Å². The second kappa shape index (κ2) is 4.47. The van der Waals surface area contributed by atoms with E-state index >= 15 is 0 Å². The van der Waals surface area contributed by atoms with E-state index in [1.807, 2.05) is 6.92 Å². The Balaban J connectivity index is 2.50. The third kappa shape index (κ3) is 2.18. The molecule has 5 heteroatoms. The second-order valence-corrected chi connectivity index (χ2v) is 4.41. The van der Waals surface area contributed by atoms with Crippen LogP contribution in [0.2, 0.25) is 5.02 Å². The van der Waals surface area contributed by atoms with Crippen molar-refractivity contribution in [2.75, 3.05) is 0 Å². The molecule has 1 aromatic carbocycles. The molecular formula is C12H13ClFN3. The molecule has 2 rings (SSSR count). The maximum Gasteiger partial charge on any atom is 0.128 e. The molecule has 1 aromatic heterocycles. The molecule has 0 aliphatic carbocycles. The van der Waals surface area contributed by atoms with Crippen LogP contribution in [0.4, 0.5) is 4.39 Å². The zero-order valence-electron chi connectivity index (χ0n) is 9.61. The minimum absolute atomic E-state index is 0.333. The smallest absolute Gasteiger partial charge is 0.128 e. The Morgan fingerprint density at radius 2 is 2.18 bits per heavy atom. The first-order valence-corrected chi connectivity index (χ1v) is 5.57. The highest BCUT2D eigenvalue weighted by Gasteiger charge is 2.20. The molecule has 1 unspecified atom stereocenters. The van der Waals surface area contributed by atoms with Crippen molar-refractivity contribution < 1.29 is 4.39 Å². The van der Waals surface area contributed by atoms with Crippen LogP contribution < -0.4 is 5.73 Å². The SMILES string of the molecule is Cc1ccc(F)c(C(N)c2c(Cl)cnn2C)c1. The molecule has 0 bridgehead atoms. The first-order chi connectivity index (χ1) is 8.00. The monoisotopic (exact) mass is 253 g/mol. The summed E-state index contributed by atoms with van der Waals surface area (Å²) in [5.74, 6) is -0.333. The number of aryl methyl sites for hydroxylation is 2. The van der Waals surface area contributed by atoms with Gasteiger partial charge < -0.3 is 5.73 Å². The molecule has 0 saturated carbocycles. The molecular weight excluding hydrogens is 241 g/mol. The molecule has 0 saturated heterocycles. The first-order valence-electron chi connectivity index (χ1n) is 5.19. The molecule has 2 aromatic rings. The molecule has 1 heterocycles. The standard InChI is InChI=1S/C12H13ClFN3/c1-7-3-4-10(14)8(5-7)11(15)12-9(13)6-16-17(12)2/h3-6,11H,15H2,1-2H3. The van der Waals surface area contributed by atoms with Crippen LogP contribution in [0.25, 0.3) is 0 Å². The Morgan fingerprint density at radius 3 is 2.76 bits per heavy atom. The van der Waals surface area contributed by atoms with Crippen LogP contribution in [0, 0.1) is 12.7 Å². The maximum atomic E-state index is 13.7. The number of rotatable bonds is 2. The van der Waals surface area contributed by atoms with Gasteiger partial charge in [-0.3, -0.25) is 4.68 Å².